The zero-order valence-electron chi connectivity index (χ0n) is 7.37. The van der Waals surface area contributed by atoms with Crippen LogP contribution in [0.2, 0.25) is 0 Å². The number of sulfone groups is 1. The molecule has 0 spiro atoms. The molecule has 0 aromatic carbocycles. The SMILES string of the molecule is CSCC(=O)CCCS(C)(=O)=O. The lowest BCUT2D eigenvalue weighted by molar-refractivity contribution is -0.116. The molecule has 0 aliphatic rings. The molecule has 0 N–H and O–H groups in total. The van der Waals surface area contributed by atoms with Gasteiger partial charge in [-0.1, -0.05) is 0 Å². The van der Waals surface area contributed by atoms with Crippen molar-refractivity contribution in [3.05, 3.63) is 0 Å². The van der Waals surface area contributed by atoms with Gasteiger partial charge in [0.1, 0.15) is 15.6 Å². The summed E-state index contributed by atoms with van der Waals surface area (Å²) < 4.78 is 21.3. The van der Waals surface area contributed by atoms with E-state index >= 15 is 0 Å². The van der Waals surface area contributed by atoms with Crippen molar-refractivity contribution in [1.82, 2.24) is 0 Å². The Hall–Kier alpha value is -0.0300. The van der Waals surface area contributed by atoms with Crippen molar-refractivity contribution in [2.24, 2.45) is 0 Å². The van der Waals surface area contributed by atoms with E-state index in [0.29, 0.717) is 18.6 Å². The van der Waals surface area contributed by atoms with E-state index in [0.717, 1.165) is 0 Å². The lowest BCUT2D eigenvalue weighted by Crippen LogP contribution is -2.07. The molecule has 0 bridgehead atoms. The molecule has 5 heteroatoms. The summed E-state index contributed by atoms with van der Waals surface area (Å²) in [6.45, 7) is 0. The molecule has 0 rings (SSSR count). The van der Waals surface area contributed by atoms with Crippen molar-refractivity contribution in [2.75, 3.05) is 24.0 Å². The summed E-state index contributed by atoms with van der Waals surface area (Å²) in [4.78, 5) is 10.9. The van der Waals surface area contributed by atoms with E-state index in [9.17, 15) is 13.2 Å². The third-order valence-corrected chi connectivity index (χ3v) is 2.92. The Morgan fingerprint density at radius 3 is 2.42 bits per heavy atom. The first kappa shape index (κ1) is 12.0. The maximum atomic E-state index is 10.9. The van der Waals surface area contributed by atoms with Crippen LogP contribution in [-0.4, -0.2) is 38.2 Å². The van der Waals surface area contributed by atoms with E-state index in [1.807, 2.05) is 6.26 Å². The molecule has 0 aliphatic carbocycles. The Kier molecular flexibility index (Phi) is 5.57. The molecule has 0 amide bonds. The van der Waals surface area contributed by atoms with Crippen LogP contribution in [0.1, 0.15) is 12.8 Å². The molecule has 0 aliphatic heterocycles. The van der Waals surface area contributed by atoms with Crippen LogP contribution in [0.3, 0.4) is 0 Å². The quantitative estimate of drug-likeness (QED) is 0.649. The Balaban J connectivity index is 3.51. The monoisotopic (exact) mass is 210 g/mol. The minimum Gasteiger partial charge on any atom is -0.299 e. The maximum absolute atomic E-state index is 10.9. The predicted octanol–water partition coefficient (Wildman–Crippen LogP) is 0.743. The summed E-state index contributed by atoms with van der Waals surface area (Å²) in [7, 11) is -2.89. The smallest absolute Gasteiger partial charge is 0.147 e. The van der Waals surface area contributed by atoms with Crippen molar-refractivity contribution in [3.63, 3.8) is 0 Å². The fraction of sp³-hybridized carbons (Fsp3) is 0.857. The van der Waals surface area contributed by atoms with Crippen LogP contribution < -0.4 is 0 Å². The summed E-state index contributed by atoms with van der Waals surface area (Å²) in [6.07, 6.45) is 3.88. The Labute approximate surface area is 77.8 Å². The second-order valence-corrected chi connectivity index (χ2v) is 5.83. The number of Topliss-reactive ketones (excluding diaryl/α,β-unsaturated/α-hetero) is 1. The van der Waals surface area contributed by atoms with Crippen LogP contribution in [0.25, 0.3) is 0 Å². The molecule has 0 heterocycles. The highest BCUT2D eigenvalue weighted by Gasteiger charge is 2.04. The summed E-state index contributed by atoms with van der Waals surface area (Å²) in [5, 5.41) is 0. The maximum Gasteiger partial charge on any atom is 0.147 e. The minimum absolute atomic E-state index is 0.118. The van der Waals surface area contributed by atoms with Gasteiger partial charge in [-0.15, -0.1) is 0 Å². The van der Waals surface area contributed by atoms with E-state index in [1.54, 1.807) is 0 Å². The van der Waals surface area contributed by atoms with Crippen LogP contribution in [0.4, 0.5) is 0 Å². The number of rotatable bonds is 6. The standard InChI is InChI=1S/C7H14O3S2/c1-11-6-7(8)4-3-5-12(2,9)10/h3-6H2,1-2H3. The highest BCUT2D eigenvalue weighted by Crippen LogP contribution is 2.00. The molecule has 3 nitrogen and oxygen atoms in total. The molecule has 0 aromatic rings. The van der Waals surface area contributed by atoms with Gasteiger partial charge in [0.15, 0.2) is 0 Å². The Bertz CT molecular complexity index is 231. The molecule has 0 aromatic heterocycles. The molecular formula is C7H14O3S2. The number of hydrogen-bond acceptors (Lipinski definition) is 4. The lowest BCUT2D eigenvalue weighted by Gasteiger charge is -1.97. The van der Waals surface area contributed by atoms with Crippen LogP contribution >= 0.6 is 11.8 Å². The first-order chi connectivity index (χ1) is 5.45. The average molecular weight is 210 g/mol. The topological polar surface area (TPSA) is 51.2 Å². The van der Waals surface area contributed by atoms with E-state index in [4.69, 9.17) is 0 Å². The van der Waals surface area contributed by atoms with Gasteiger partial charge in [0.05, 0.1) is 11.5 Å². The van der Waals surface area contributed by atoms with Crippen LogP contribution in [-0.2, 0) is 14.6 Å². The van der Waals surface area contributed by atoms with Crippen LogP contribution in [0.5, 0.6) is 0 Å². The second kappa shape index (κ2) is 5.59. The van der Waals surface area contributed by atoms with Gasteiger partial charge in [-0.2, -0.15) is 11.8 Å². The van der Waals surface area contributed by atoms with Gasteiger partial charge in [-0.25, -0.2) is 8.42 Å². The molecule has 0 radical (unpaired) electrons. The van der Waals surface area contributed by atoms with Crippen molar-refractivity contribution in [2.45, 2.75) is 12.8 Å². The normalized spacial score (nSPS) is 11.5. The van der Waals surface area contributed by atoms with Gasteiger partial charge in [0.2, 0.25) is 0 Å². The van der Waals surface area contributed by atoms with E-state index in [2.05, 4.69) is 0 Å². The van der Waals surface area contributed by atoms with E-state index in [-0.39, 0.29) is 11.5 Å². The zero-order chi connectivity index (χ0) is 9.61. The predicted molar refractivity (Wildman–Crippen MR) is 52.3 cm³/mol. The highest BCUT2D eigenvalue weighted by atomic mass is 32.2. The zero-order valence-corrected chi connectivity index (χ0v) is 9.00. The van der Waals surface area contributed by atoms with Crippen LogP contribution in [0.15, 0.2) is 0 Å². The fourth-order valence-corrected chi connectivity index (χ4v) is 1.90. The summed E-state index contributed by atoms with van der Waals surface area (Å²) in [5.41, 5.74) is 0. The molecule has 0 unspecified atom stereocenters. The van der Waals surface area contributed by atoms with Gasteiger partial charge >= 0.3 is 0 Å². The Morgan fingerprint density at radius 2 is 2.00 bits per heavy atom. The van der Waals surface area contributed by atoms with Gasteiger partial charge in [-0.3, -0.25) is 4.79 Å². The molecule has 12 heavy (non-hydrogen) atoms. The average Bonchev–Trinajstić information content (AvgIpc) is 1.84. The van der Waals surface area contributed by atoms with Gasteiger partial charge in [0.25, 0.3) is 0 Å². The number of carbonyl (C=O) groups is 1. The number of thioether (sulfide) groups is 1. The van der Waals surface area contributed by atoms with Crippen molar-refractivity contribution >= 4 is 27.4 Å². The summed E-state index contributed by atoms with van der Waals surface area (Å²) >= 11 is 1.47. The first-order valence-corrected chi connectivity index (χ1v) is 7.09. The number of ketones is 1. The third-order valence-electron chi connectivity index (χ3n) is 1.28. The van der Waals surface area contributed by atoms with Crippen molar-refractivity contribution in [1.29, 1.82) is 0 Å². The van der Waals surface area contributed by atoms with Gasteiger partial charge in [-0.05, 0) is 12.7 Å². The second-order valence-electron chi connectivity index (χ2n) is 2.71. The highest BCUT2D eigenvalue weighted by molar-refractivity contribution is 7.99. The molecule has 0 fully saturated rings. The number of carbonyl (C=O) groups excluding carboxylic acids is 1. The molecular weight excluding hydrogens is 196 g/mol. The third kappa shape index (κ3) is 8.07. The van der Waals surface area contributed by atoms with Crippen LogP contribution in [0, 0.1) is 0 Å². The van der Waals surface area contributed by atoms with Gasteiger partial charge in [0, 0.05) is 12.7 Å². The van der Waals surface area contributed by atoms with Gasteiger partial charge < -0.3 is 0 Å². The van der Waals surface area contributed by atoms with Crippen molar-refractivity contribution < 1.29 is 13.2 Å². The molecule has 0 saturated carbocycles. The first-order valence-electron chi connectivity index (χ1n) is 3.64. The lowest BCUT2D eigenvalue weighted by atomic mass is 10.2. The summed E-state index contributed by atoms with van der Waals surface area (Å²) in [6, 6.07) is 0. The van der Waals surface area contributed by atoms with E-state index < -0.39 is 9.84 Å². The summed E-state index contributed by atoms with van der Waals surface area (Å²) in [5.74, 6) is 0.739. The molecule has 0 saturated heterocycles. The van der Waals surface area contributed by atoms with Crippen molar-refractivity contribution in [3.8, 4) is 0 Å². The molecule has 0 atom stereocenters. The fourth-order valence-electron chi connectivity index (χ4n) is 0.765. The number of hydrogen-bond donors (Lipinski definition) is 0. The Morgan fingerprint density at radius 1 is 1.42 bits per heavy atom. The minimum atomic E-state index is -2.89. The molecule has 72 valence electrons. The largest absolute Gasteiger partial charge is 0.299 e. The van der Waals surface area contributed by atoms with E-state index in [1.165, 1.54) is 18.0 Å².